The molecular formula is C16H12ClN3O. The highest BCUT2D eigenvalue weighted by Crippen LogP contribution is 2.31. The van der Waals surface area contributed by atoms with Crippen molar-refractivity contribution in [3.05, 3.63) is 60.4 Å². The summed E-state index contributed by atoms with van der Waals surface area (Å²) in [6.07, 6.45) is 4.68. The third-order valence-corrected chi connectivity index (χ3v) is 3.47. The fourth-order valence-electron chi connectivity index (χ4n) is 2.15. The van der Waals surface area contributed by atoms with Crippen molar-refractivity contribution in [2.24, 2.45) is 0 Å². The summed E-state index contributed by atoms with van der Waals surface area (Å²) in [5.74, 6) is -0.254. The Labute approximate surface area is 126 Å². The molecule has 2 aromatic heterocycles. The van der Waals surface area contributed by atoms with Crippen LogP contribution in [0.3, 0.4) is 0 Å². The average Bonchev–Trinajstić information content (AvgIpc) is 2.88. The molecule has 0 aliphatic rings. The van der Waals surface area contributed by atoms with Crippen LogP contribution in [0.1, 0.15) is 0 Å². The zero-order chi connectivity index (χ0) is 14.8. The Morgan fingerprint density at radius 2 is 2.19 bits per heavy atom. The van der Waals surface area contributed by atoms with Crippen LogP contribution in [0.5, 0.6) is 0 Å². The van der Waals surface area contributed by atoms with Crippen LogP contribution in [0.15, 0.2) is 55.4 Å². The number of halogens is 1. The highest BCUT2D eigenvalue weighted by atomic mass is 35.5. The minimum Gasteiger partial charge on any atom is -0.345 e. The van der Waals surface area contributed by atoms with E-state index in [9.17, 15) is 4.79 Å². The van der Waals surface area contributed by atoms with Crippen molar-refractivity contribution in [2.75, 3.05) is 5.32 Å². The monoisotopic (exact) mass is 297 g/mol. The van der Waals surface area contributed by atoms with Crippen molar-refractivity contribution in [3.8, 4) is 11.1 Å². The van der Waals surface area contributed by atoms with Gasteiger partial charge in [-0.15, -0.1) is 0 Å². The van der Waals surface area contributed by atoms with Crippen LogP contribution in [0.25, 0.3) is 22.2 Å². The number of rotatable bonds is 3. The van der Waals surface area contributed by atoms with E-state index in [-0.39, 0.29) is 5.91 Å². The number of hydrogen-bond acceptors (Lipinski definition) is 2. The summed E-state index contributed by atoms with van der Waals surface area (Å²) >= 11 is 6.12. The number of carbonyl (C=O) groups excluding carboxylic acids is 1. The van der Waals surface area contributed by atoms with Gasteiger partial charge in [0.1, 0.15) is 5.65 Å². The van der Waals surface area contributed by atoms with Gasteiger partial charge in [0.25, 0.3) is 0 Å². The summed E-state index contributed by atoms with van der Waals surface area (Å²) in [5.41, 5.74) is 3.19. The molecule has 104 valence electrons. The Kier molecular flexibility index (Phi) is 3.46. The number of para-hydroxylation sites is 1. The summed E-state index contributed by atoms with van der Waals surface area (Å²) < 4.78 is 0. The first-order chi connectivity index (χ1) is 10.2. The molecule has 0 aliphatic carbocycles. The molecule has 0 radical (unpaired) electrons. The predicted octanol–water partition coefficient (Wildman–Crippen LogP) is 4.01. The summed E-state index contributed by atoms with van der Waals surface area (Å²) in [5, 5.41) is 4.25. The third kappa shape index (κ3) is 2.53. The number of anilines is 1. The fourth-order valence-corrected chi connectivity index (χ4v) is 2.34. The van der Waals surface area contributed by atoms with Gasteiger partial charge in [-0.3, -0.25) is 4.79 Å². The van der Waals surface area contributed by atoms with E-state index >= 15 is 0 Å². The molecule has 2 heterocycles. The van der Waals surface area contributed by atoms with E-state index < -0.39 is 0 Å². The lowest BCUT2D eigenvalue weighted by molar-refractivity contribution is -0.111. The standard InChI is InChI=1S/C16H12ClN3O/c1-2-15(21)20-14-6-4-3-5-11(14)10-7-12-13(17)9-19-16(12)18-8-10/h2-9H,1H2,(H,18,19)(H,20,21). The van der Waals surface area contributed by atoms with E-state index in [0.717, 1.165) is 22.2 Å². The van der Waals surface area contributed by atoms with E-state index in [1.54, 1.807) is 12.4 Å². The van der Waals surface area contributed by atoms with Crippen LogP contribution in [-0.2, 0) is 4.79 Å². The van der Waals surface area contributed by atoms with Crippen molar-refractivity contribution in [2.45, 2.75) is 0 Å². The van der Waals surface area contributed by atoms with Gasteiger partial charge < -0.3 is 10.3 Å². The Bertz CT molecular complexity index is 838. The second kappa shape index (κ2) is 5.42. The smallest absolute Gasteiger partial charge is 0.247 e. The molecule has 5 heteroatoms. The van der Waals surface area contributed by atoms with Crippen LogP contribution < -0.4 is 5.32 Å². The van der Waals surface area contributed by atoms with Crippen LogP contribution in [0.4, 0.5) is 5.69 Å². The molecule has 0 saturated heterocycles. The molecule has 3 rings (SSSR count). The number of H-pyrrole nitrogens is 1. The lowest BCUT2D eigenvalue weighted by Crippen LogP contribution is -2.08. The molecule has 0 unspecified atom stereocenters. The van der Waals surface area contributed by atoms with E-state index in [4.69, 9.17) is 11.6 Å². The van der Waals surface area contributed by atoms with Gasteiger partial charge in [-0.2, -0.15) is 0 Å². The highest BCUT2D eigenvalue weighted by Gasteiger charge is 2.09. The summed E-state index contributed by atoms with van der Waals surface area (Å²) in [6.45, 7) is 3.46. The molecule has 0 aliphatic heterocycles. The Balaban J connectivity index is 2.11. The Morgan fingerprint density at radius 1 is 1.38 bits per heavy atom. The zero-order valence-electron chi connectivity index (χ0n) is 11.1. The lowest BCUT2D eigenvalue weighted by Gasteiger charge is -2.10. The molecule has 0 bridgehead atoms. The predicted molar refractivity (Wildman–Crippen MR) is 85.4 cm³/mol. The van der Waals surface area contributed by atoms with Crippen molar-refractivity contribution in [1.82, 2.24) is 9.97 Å². The topological polar surface area (TPSA) is 57.8 Å². The van der Waals surface area contributed by atoms with Gasteiger partial charge >= 0.3 is 0 Å². The van der Waals surface area contributed by atoms with E-state index in [0.29, 0.717) is 10.7 Å². The van der Waals surface area contributed by atoms with Gasteiger partial charge in [0, 0.05) is 34.6 Å². The Hall–Kier alpha value is -2.59. The molecule has 4 nitrogen and oxygen atoms in total. The van der Waals surface area contributed by atoms with Gasteiger partial charge in [0.2, 0.25) is 5.91 Å². The van der Waals surface area contributed by atoms with E-state index in [2.05, 4.69) is 21.9 Å². The van der Waals surface area contributed by atoms with Crippen LogP contribution in [0, 0.1) is 0 Å². The molecule has 1 amide bonds. The molecule has 0 saturated carbocycles. The molecule has 2 N–H and O–H groups in total. The van der Waals surface area contributed by atoms with Crippen molar-refractivity contribution < 1.29 is 4.79 Å². The quantitative estimate of drug-likeness (QED) is 0.718. The fraction of sp³-hybridized carbons (Fsp3) is 0. The minimum absolute atomic E-state index is 0.254. The summed E-state index contributed by atoms with van der Waals surface area (Å²) in [6, 6.07) is 9.46. The Morgan fingerprint density at radius 3 is 3.00 bits per heavy atom. The zero-order valence-corrected chi connectivity index (χ0v) is 11.8. The highest BCUT2D eigenvalue weighted by molar-refractivity contribution is 6.35. The van der Waals surface area contributed by atoms with E-state index in [1.807, 2.05) is 30.3 Å². The molecule has 0 fully saturated rings. The maximum absolute atomic E-state index is 11.5. The van der Waals surface area contributed by atoms with Crippen molar-refractivity contribution in [1.29, 1.82) is 0 Å². The second-order valence-corrected chi connectivity index (χ2v) is 4.90. The number of carbonyl (C=O) groups is 1. The lowest BCUT2D eigenvalue weighted by atomic mass is 10.0. The number of aromatic amines is 1. The number of benzene rings is 1. The van der Waals surface area contributed by atoms with Gasteiger partial charge in [0.05, 0.1) is 5.02 Å². The third-order valence-electron chi connectivity index (χ3n) is 3.16. The van der Waals surface area contributed by atoms with Crippen LogP contribution in [-0.4, -0.2) is 15.9 Å². The molecule has 21 heavy (non-hydrogen) atoms. The number of pyridine rings is 1. The van der Waals surface area contributed by atoms with E-state index in [1.165, 1.54) is 6.08 Å². The largest absolute Gasteiger partial charge is 0.345 e. The summed E-state index contributed by atoms with van der Waals surface area (Å²) in [7, 11) is 0. The summed E-state index contributed by atoms with van der Waals surface area (Å²) in [4.78, 5) is 18.9. The average molecular weight is 298 g/mol. The molecule has 1 aromatic carbocycles. The maximum Gasteiger partial charge on any atom is 0.247 e. The van der Waals surface area contributed by atoms with Crippen molar-refractivity contribution in [3.63, 3.8) is 0 Å². The first kappa shape index (κ1) is 13.4. The number of nitrogens with one attached hydrogen (secondary N) is 2. The number of fused-ring (bicyclic) bond motifs is 1. The van der Waals surface area contributed by atoms with Gasteiger partial charge in [0.15, 0.2) is 0 Å². The maximum atomic E-state index is 11.5. The molecule has 0 atom stereocenters. The first-order valence-corrected chi connectivity index (χ1v) is 6.72. The van der Waals surface area contributed by atoms with Gasteiger partial charge in [-0.1, -0.05) is 36.4 Å². The molecule has 3 aromatic rings. The SMILES string of the molecule is C=CC(=O)Nc1ccccc1-c1cnc2[nH]cc(Cl)c2c1. The molecular weight excluding hydrogens is 286 g/mol. The van der Waals surface area contributed by atoms with Gasteiger partial charge in [-0.25, -0.2) is 4.98 Å². The van der Waals surface area contributed by atoms with Crippen LogP contribution >= 0.6 is 11.6 Å². The minimum atomic E-state index is -0.254. The second-order valence-electron chi connectivity index (χ2n) is 4.50. The normalized spacial score (nSPS) is 10.5. The molecule has 0 spiro atoms. The number of aromatic nitrogens is 2. The number of nitrogens with zero attached hydrogens (tertiary/aromatic N) is 1. The number of hydrogen-bond donors (Lipinski definition) is 2. The van der Waals surface area contributed by atoms with Gasteiger partial charge in [-0.05, 0) is 18.2 Å². The van der Waals surface area contributed by atoms with Crippen LogP contribution in [0.2, 0.25) is 5.02 Å². The number of amides is 1. The van der Waals surface area contributed by atoms with Crippen molar-refractivity contribution >= 4 is 34.2 Å². The first-order valence-electron chi connectivity index (χ1n) is 6.34.